The quantitative estimate of drug-likeness (QED) is 0.803. The van der Waals surface area contributed by atoms with Gasteiger partial charge in [-0.15, -0.1) is 6.58 Å². The summed E-state index contributed by atoms with van der Waals surface area (Å²) in [6.45, 7) is 7.89. The van der Waals surface area contributed by atoms with Gasteiger partial charge in [0, 0.05) is 12.6 Å². The molecule has 0 N–H and O–H groups in total. The fourth-order valence-electron chi connectivity index (χ4n) is 3.72. The van der Waals surface area contributed by atoms with E-state index in [9.17, 15) is 8.42 Å². The monoisotopic (exact) mass is 305 g/mol. The maximum absolute atomic E-state index is 12.6. The third-order valence-electron chi connectivity index (χ3n) is 5.02. The molecule has 114 valence electrons. The van der Waals surface area contributed by atoms with Crippen molar-refractivity contribution in [3.63, 3.8) is 0 Å². The predicted octanol–water partition coefficient (Wildman–Crippen LogP) is 2.67. The Kier molecular flexibility index (Phi) is 3.93. The first kappa shape index (κ1) is 14.8. The van der Waals surface area contributed by atoms with Gasteiger partial charge < -0.3 is 0 Å². The second-order valence-corrected chi connectivity index (χ2v) is 8.46. The largest absolute Gasteiger partial charge is 0.299 e. The van der Waals surface area contributed by atoms with Gasteiger partial charge in [-0.1, -0.05) is 23.8 Å². The lowest BCUT2D eigenvalue weighted by Gasteiger charge is -2.49. The molecule has 4 heteroatoms. The van der Waals surface area contributed by atoms with Crippen LogP contribution in [-0.2, 0) is 9.84 Å². The predicted molar refractivity (Wildman–Crippen MR) is 85.0 cm³/mol. The lowest BCUT2D eigenvalue weighted by Crippen LogP contribution is -2.55. The van der Waals surface area contributed by atoms with E-state index in [0.29, 0.717) is 16.7 Å². The van der Waals surface area contributed by atoms with E-state index >= 15 is 0 Å². The molecule has 0 spiro atoms. The van der Waals surface area contributed by atoms with E-state index < -0.39 is 9.84 Å². The fourth-order valence-corrected chi connectivity index (χ4v) is 5.31. The number of aryl methyl sites for hydroxylation is 1. The van der Waals surface area contributed by atoms with Gasteiger partial charge in [0.05, 0.1) is 10.6 Å². The SMILES string of the molecule is C=C[C@H]1CN2CC[C@H]1C[C@H]2CS(=O)(=O)c1ccc(C)cc1. The van der Waals surface area contributed by atoms with E-state index in [4.69, 9.17) is 0 Å². The second kappa shape index (κ2) is 5.58. The molecular weight excluding hydrogens is 282 g/mol. The molecule has 3 nitrogen and oxygen atoms in total. The van der Waals surface area contributed by atoms with E-state index in [1.165, 1.54) is 6.42 Å². The van der Waals surface area contributed by atoms with Crippen molar-refractivity contribution in [2.24, 2.45) is 11.8 Å². The summed E-state index contributed by atoms with van der Waals surface area (Å²) in [5.74, 6) is 1.40. The van der Waals surface area contributed by atoms with Crippen molar-refractivity contribution >= 4 is 9.84 Å². The molecular formula is C17H23NO2S. The molecule has 0 aliphatic carbocycles. The molecule has 4 atom stereocenters. The summed E-state index contributed by atoms with van der Waals surface area (Å²) in [4.78, 5) is 2.80. The van der Waals surface area contributed by atoms with Crippen LogP contribution < -0.4 is 0 Å². The van der Waals surface area contributed by atoms with E-state index in [1.54, 1.807) is 12.1 Å². The van der Waals surface area contributed by atoms with E-state index in [1.807, 2.05) is 25.1 Å². The number of rotatable bonds is 4. The van der Waals surface area contributed by atoms with Gasteiger partial charge in [-0.25, -0.2) is 8.42 Å². The average molecular weight is 305 g/mol. The lowest BCUT2D eigenvalue weighted by atomic mass is 9.76. The number of fused-ring (bicyclic) bond motifs is 3. The van der Waals surface area contributed by atoms with Crippen LogP contribution in [0.25, 0.3) is 0 Å². The summed E-state index contributed by atoms with van der Waals surface area (Å²) in [7, 11) is -3.19. The van der Waals surface area contributed by atoms with Crippen molar-refractivity contribution in [3.8, 4) is 0 Å². The summed E-state index contributed by atoms with van der Waals surface area (Å²) in [5, 5.41) is 0. The van der Waals surface area contributed by atoms with Gasteiger partial charge in [-0.05, 0) is 50.3 Å². The first-order chi connectivity index (χ1) is 9.99. The highest BCUT2D eigenvalue weighted by Gasteiger charge is 2.40. The van der Waals surface area contributed by atoms with Gasteiger partial charge in [0.15, 0.2) is 9.84 Å². The highest BCUT2D eigenvalue weighted by Crippen LogP contribution is 2.37. The first-order valence-electron chi connectivity index (χ1n) is 7.65. The zero-order chi connectivity index (χ0) is 15.0. The van der Waals surface area contributed by atoms with E-state index in [2.05, 4.69) is 11.5 Å². The third kappa shape index (κ3) is 2.92. The van der Waals surface area contributed by atoms with Crippen molar-refractivity contribution in [2.75, 3.05) is 18.8 Å². The molecule has 3 saturated heterocycles. The van der Waals surface area contributed by atoms with Crippen LogP contribution in [0.5, 0.6) is 0 Å². The van der Waals surface area contributed by atoms with Crippen LogP contribution in [-0.4, -0.2) is 38.2 Å². The number of benzene rings is 1. The number of sulfone groups is 1. The topological polar surface area (TPSA) is 37.4 Å². The lowest BCUT2D eigenvalue weighted by molar-refractivity contribution is 0.0292. The molecule has 2 bridgehead atoms. The van der Waals surface area contributed by atoms with Crippen molar-refractivity contribution in [2.45, 2.75) is 30.7 Å². The molecule has 0 saturated carbocycles. The molecule has 3 aliphatic rings. The van der Waals surface area contributed by atoms with E-state index in [0.717, 1.165) is 25.1 Å². The number of piperidine rings is 3. The molecule has 21 heavy (non-hydrogen) atoms. The van der Waals surface area contributed by atoms with Crippen molar-refractivity contribution in [1.29, 1.82) is 0 Å². The highest BCUT2D eigenvalue weighted by atomic mass is 32.2. The molecule has 1 unspecified atom stereocenters. The summed E-state index contributed by atoms with van der Waals surface area (Å²) in [5.41, 5.74) is 1.09. The van der Waals surface area contributed by atoms with Crippen LogP contribution >= 0.6 is 0 Å². The number of hydrogen-bond acceptors (Lipinski definition) is 3. The standard InChI is InChI=1S/C17H23NO2S/c1-3-14-11-18-9-8-15(14)10-16(18)12-21(19,20)17-6-4-13(2)5-7-17/h3-7,14-16H,1,8-12H2,2H3/t14-,15-,16-/m0/s1. The highest BCUT2D eigenvalue weighted by molar-refractivity contribution is 7.91. The molecule has 3 aliphatic heterocycles. The normalized spacial score (nSPS) is 32.0. The Labute approximate surface area is 127 Å². The Morgan fingerprint density at radius 3 is 2.62 bits per heavy atom. The molecule has 3 fully saturated rings. The van der Waals surface area contributed by atoms with Crippen LogP contribution in [0, 0.1) is 18.8 Å². The Hall–Kier alpha value is -1.13. The number of hydrogen-bond donors (Lipinski definition) is 0. The van der Waals surface area contributed by atoms with Gasteiger partial charge in [0.2, 0.25) is 0 Å². The second-order valence-electron chi connectivity index (χ2n) is 6.43. The molecule has 0 aromatic heterocycles. The van der Waals surface area contributed by atoms with Crippen molar-refractivity contribution in [1.82, 2.24) is 4.90 Å². The summed E-state index contributed by atoms with van der Waals surface area (Å²) in [6, 6.07) is 7.37. The Morgan fingerprint density at radius 2 is 2.05 bits per heavy atom. The summed E-state index contributed by atoms with van der Waals surface area (Å²) < 4.78 is 25.2. The maximum atomic E-state index is 12.6. The Morgan fingerprint density at radius 1 is 1.33 bits per heavy atom. The van der Waals surface area contributed by atoms with Gasteiger partial charge in [0.1, 0.15) is 0 Å². The first-order valence-corrected chi connectivity index (χ1v) is 9.31. The zero-order valence-corrected chi connectivity index (χ0v) is 13.3. The number of nitrogens with zero attached hydrogens (tertiary/aromatic N) is 1. The Balaban J connectivity index is 1.75. The van der Waals surface area contributed by atoms with Crippen molar-refractivity contribution in [3.05, 3.63) is 42.5 Å². The van der Waals surface area contributed by atoms with Gasteiger partial charge in [-0.2, -0.15) is 0 Å². The summed E-state index contributed by atoms with van der Waals surface area (Å²) in [6.07, 6.45) is 4.21. The van der Waals surface area contributed by atoms with Gasteiger partial charge in [-0.3, -0.25) is 4.90 Å². The van der Waals surface area contributed by atoms with Crippen LogP contribution in [0.3, 0.4) is 0 Å². The minimum atomic E-state index is -3.19. The average Bonchev–Trinajstić information content (AvgIpc) is 2.48. The molecule has 1 aromatic carbocycles. The molecule has 1 aromatic rings. The van der Waals surface area contributed by atoms with E-state index in [-0.39, 0.29) is 11.8 Å². The van der Waals surface area contributed by atoms with Crippen LogP contribution in [0.1, 0.15) is 18.4 Å². The fraction of sp³-hybridized carbons (Fsp3) is 0.529. The zero-order valence-electron chi connectivity index (χ0n) is 12.5. The van der Waals surface area contributed by atoms with Gasteiger partial charge >= 0.3 is 0 Å². The summed E-state index contributed by atoms with van der Waals surface area (Å²) >= 11 is 0. The van der Waals surface area contributed by atoms with Gasteiger partial charge in [0.25, 0.3) is 0 Å². The molecule has 4 rings (SSSR count). The maximum Gasteiger partial charge on any atom is 0.179 e. The minimum absolute atomic E-state index is 0.172. The Bertz CT molecular complexity index is 621. The smallest absolute Gasteiger partial charge is 0.179 e. The minimum Gasteiger partial charge on any atom is -0.299 e. The van der Waals surface area contributed by atoms with Crippen molar-refractivity contribution < 1.29 is 8.42 Å². The molecule has 3 heterocycles. The van der Waals surface area contributed by atoms with Crippen LogP contribution in [0.4, 0.5) is 0 Å². The molecule has 0 radical (unpaired) electrons. The molecule has 0 amide bonds. The third-order valence-corrected chi connectivity index (χ3v) is 6.84. The van der Waals surface area contributed by atoms with Crippen LogP contribution in [0.2, 0.25) is 0 Å². The van der Waals surface area contributed by atoms with Crippen LogP contribution in [0.15, 0.2) is 41.8 Å².